The van der Waals surface area contributed by atoms with E-state index in [0.717, 1.165) is 25.9 Å². The Balaban J connectivity index is 2.03. The molecule has 0 bridgehead atoms. The molecule has 0 saturated carbocycles. The van der Waals surface area contributed by atoms with E-state index in [1.165, 1.54) is 12.8 Å². The van der Waals surface area contributed by atoms with Gasteiger partial charge in [-0.2, -0.15) is 0 Å². The summed E-state index contributed by atoms with van der Waals surface area (Å²) < 4.78 is 0. The summed E-state index contributed by atoms with van der Waals surface area (Å²) in [6.45, 7) is 4.19. The molecule has 0 spiro atoms. The van der Waals surface area contributed by atoms with E-state index in [1.807, 2.05) is 0 Å². The standard InChI is InChI=1S/C10H20N2O/c1-2-3-7-11-8-9-5-4-6-10(13)12-9/h9,11H,2-8H2,1H3,(H,12,13). The highest BCUT2D eigenvalue weighted by molar-refractivity contribution is 5.76. The normalized spacial score (nSPS) is 22.8. The number of carbonyl (C=O) groups is 1. The third-order valence-electron chi connectivity index (χ3n) is 2.42. The lowest BCUT2D eigenvalue weighted by atomic mass is 10.0. The summed E-state index contributed by atoms with van der Waals surface area (Å²) in [6, 6.07) is 0.373. The summed E-state index contributed by atoms with van der Waals surface area (Å²) in [5, 5.41) is 6.35. The van der Waals surface area contributed by atoms with E-state index in [-0.39, 0.29) is 5.91 Å². The van der Waals surface area contributed by atoms with Gasteiger partial charge in [-0.3, -0.25) is 4.79 Å². The lowest BCUT2D eigenvalue weighted by Gasteiger charge is -2.23. The summed E-state index contributed by atoms with van der Waals surface area (Å²) >= 11 is 0. The molecule has 1 fully saturated rings. The molecule has 1 rings (SSSR count). The molecule has 3 nitrogen and oxygen atoms in total. The molecule has 1 amide bonds. The Morgan fingerprint density at radius 2 is 2.46 bits per heavy atom. The van der Waals surface area contributed by atoms with Crippen LogP contribution in [0.25, 0.3) is 0 Å². The number of hydrogen-bond donors (Lipinski definition) is 2. The Bertz CT molecular complexity index is 159. The van der Waals surface area contributed by atoms with Crippen LogP contribution in [-0.2, 0) is 4.79 Å². The first-order chi connectivity index (χ1) is 6.33. The van der Waals surface area contributed by atoms with Crippen LogP contribution in [0.4, 0.5) is 0 Å². The molecule has 1 saturated heterocycles. The van der Waals surface area contributed by atoms with Crippen LogP contribution in [0.1, 0.15) is 39.0 Å². The second-order valence-electron chi connectivity index (χ2n) is 3.71. The van der Waals surface area contributed by atoms with Crippen molar-refractivity contribution in [3.63, 3.8) is 0 Å². The summed E-state index contributed by atoms with van der Waals surface area (Å²) in [5.74, 6) is 0.216. The van der Waals surface area contributed by atoms with Gasteiger partial charge in [-0.1, -0.05) is 13.3 Å². The molecule has 1 aliphatic rings. The number of carbonyl (C=O) groups excluding carboxylic acids is 1. The van der Waals surface area contributed by atoms with Gasteiger partial charge >= 0.3 is 0 Å². The Hall–Kier alpha value is -0.570. The molecule has 1 atom stereocenters. The molecule has 0 aromatic carbocycles. The first kappa shape index (κ1) is 10.5. The van der Waals surface area contributed by atoms with Crippen molar-refractivity contribution in [3.8, 4) is 0 Å². The topological polar surface area (TPSA) is 41.1 Å². The average molecular weight is 184 g/mol. The zero-order valence-electron chi connectivity index (χ0n) is 8.44. The number of rotatable bonds is 5. The summed E-state index contributed by atoms with van der Waals surface area (Å²) in [4.78, 5) is 11.0. The van der Waals surface area contributed by atoms with Crippen LogP contribution in [0.2, 0.25) is 0 Å². The highest BCUT2D eigenvalue weighted by Crippen LogP contribution is 2.06. The first-order valence-corrected chi connectivity index (χ1v) is 5.33. The highest BCUT2D eigenvalue weighted by atomic mass is 16.1. The van der Waals surface area contributed by atoms with E-state index in [1.54, 1.807) is 0 Å². The molecule has 0 aromatic rings. The van der Waals surface area contributed by atoms with E-state index < -0.39 is 0 Å². The molecule has 0 radical (unpaired) electrons. The monoisotopic (exact) mass is 184 g/mol. The molecule has 1 unspecified atom stereocenters. The van der Waals surface area contributed by atoms with Crippen LogP contribution in [0, 0.1) is 0 Å². The third-order valence-corrected chi connectivity index (χ3v) is 2.42. The number of amides is 1. The lowest BCUT2D eigenvalue weighted by Crippen LogP contribution is -2.44. The van der Waals surface area contributed by atoms with Crippen LogP contribution in [0.15, 0.2) is 0 Å². The largest absolute Gasteiger partial charge is 0.352 e. The zero-order valence-corrected chi connectivity index (χ0v) is 8.44. The first-order valence-electron chi connectivity index (χ1n) is 5.33. The van der Waals surface area contributed by atoms with Gasteiger partial charge in [0.05, 0.1) is 0 Å². The van der Waals surface area contributed by atoms with E-state index in [9.17, 15) is 4.79 Å². The van der Waals surface area contributed by atoms with Crippen molar-refractivity contribution in [1.29, 1.82) is 0 Å². The van der Waals surface area contributed by atoms with Gasteiger partial charge in [0.15, 0.2) is 0 Å². The maximum atomic E-state index is 11.0. The maximum absolute atomic E-state index is 11.0. The second kappa shape index (κ2) is 5.97. The number of piperidine rings is 1. The van der Waals surface area contributed by atoms with Crippen LogP contribution >= 0.6 is 0 Å². The van der Waals surface area contributed by atoms with E-state index in [2.05, 4.69) is 17.6 Å². The molecule has 1 aliphatic heterocycles. The Kier molecular flexibility index (Phi) is 4.83. The van der Waals surface area contributed by atoms with Gasteiger partial charge in [0.2, 0.25) is 5.91 Å². The SMILES string of the molecule is CCCCNCC1CCCC(=O)N1. The van der Waals surface area contributed by atoms with Crippen LogP contribution < -0.4 is 10.6 Å². The van der Waals surface area contributed by atoms with Crippen LogP contribution in [0.5, 0.6) is 0 Å². The quantitative estimate of drug-likeness (QED) is 0.627. The lowest BCUT2D eigenvalue weighted by molar-refractivity contribution is -0.123. The van der Waals surface area contributed by atoms with Crippen LogP contribution in [-0.4, -0.2) is 25.0 Å². The summed E-state index contributed by atoms with van der Waals surface area (Å²) in [7, 11) is 0. The molecular formula is C10H20N2O. The van der Waals surface area contributed by atoms with Crippen molar-refractivity contribution in [2.75, 3.05) is 13.1 Å². The smallest absolute Gasteiger partial charge is 0.220 e. The van der Waals surface area contributed by atoms with Gasteiger partial charge < -0.3 is 10.6 Å². The maximum Gasteiger partial charge on any atom is 0.220 e. The molecule has 0 aromatic heterocycles. The minimum Gasteiger partial charge on any atom is -0.352 e. The van der Waals surface area contributed by atoms with Gasteiger partial charge in [0.1, 0.15) is 0 Å². The molecular weight excluding hydrogens is 164 g/mol. The van der Waals surface area contributed by atoms with Crippen molar-refractivity contribution >= 4 is 5.91 Å². The Morgan fingerprint density at radius 3 is 3.15 bits per heavy atom. The fraction of sp³-hybridized carbons (Fsp3) is 0.900. The van der Waals surface area contributed by atoms with Crippen molar-refractivity contribution in [3.05, 3.63) is 0 Å². The van der Waals surface area contributed by atoms with Gasteiger partial charge in [-0.05, 0) is 25.8 Å². The number of hydrogen-bond acceptors (Lipinski definition) is 2. The predicted molar refractivity (Wildman–Crippen MR) is 53.6 cm³/mol. The minimum atomic E-state index is 0.216. The molecule has 3 heteroatoms. The predicted octanol–water partition coefficient (Wildman–Crippen LogP) is 1.04. The van der Waals surface area contributed by atoms with Gasteiger partial charge in [-0.15, -0.1) is 0 Å². The zero-order chi connectivity index (χ0) is 9.52. The van der Waals surface area contributed by atoms with Crippen LogP contribution in [0.3, 0.4) is 0 Å². The molecule has 2 N–H and O–H groups in total. The molecule has 76 valence electrons. The Labute approximate surface area is 80.3 Å². The highest BCUT2D eigenvalue weighted by Gasteiger charge is 2.16. The fourth-order valence-electron chi connectivity index (χ4n) is 1.61. The van der Waals surface area contributed by atoms with Gasteiger partial charge in [0.25, 0.3) is 0 Å². The third kappa shape index (κ3) is 4.27. The molecule has 1 heterocycles. The molecule has 13 heavy (non-hydrogen) atoms. The number of unbranched alkanes of at least 4 members (excludes halogenated alkanes) is 1. The van der Waals surface area contributed by atoms with E-state index in [4.69, 9.17) is 0 Å². The van der Waals surface area contributed by atoms with Crippen molar-refractivity contribution in [1.82, 2.24) is 10.6 Å². The van der Waals surface area contributed by atoms with E-state index >= 15 is 0 Å². The average Bonchev–Trinajstić information content (AvgIpc) is 2.13. The summed E-state index contributed by atoms with van der Waals surface area (Å²) in [5.41, 5.74) is 0. The fourth-order valence-corrected chi connectivity index (χ4v) is 1.61. The Morgan fingerprint density at radius 1 is 1.62 bits per heavy atom. The van der Waals surface area contributed by atoms with Gasteiger partial charge in [-0.25, -0.2) is 0 Å². The second-order valence-corrected chi connectivity index (χ2v) is 3.71. The summed E-state index contributed by atoms with van der Waals surface area (Å²) in [6.07, 6.45) is 5.34. The van der Waals surface area contributed by atoms with Gasteiger partial charge in [0, 0.05) is 19.0 Å². The molecule has 0 aliphatic carbocycles. The minimum absolute atomic E-state index is 0.216. The van der Waals surface area contributed by atoms with Crippen molar-refractivity contribution < 1.29 is 4.79 Å². The number of nitrogens with one attached hydrogen (secondary N) is 2. The van der Waals surface area contributed by atoms with E-state index in [0.29, 0.717) is 12.5 Å². The van der Waals surface area contributed by atoms with Crippen molar-refractivity contribution in [2.45, 2.75) is 45.1 Å². The van der Waals surface area contributed by atoms with Crippen molar-refractivity contribution in [2.24, 2.45) is 0 Å².